The molecule has 3 aromatic heterocycles. The highest BCUT2D eigenvalue weighted by atomic mass is 16.5. The van der Waals surface area contributed by atoms with Gasteiger partial charge < -0.3 is 9.14 Å². The third kappa shape index (κ3) is 3.72. The van der Waals surface area contributed by atoms with Gasteiger partial charge in [0.1, 0.15) is 0 Å². The van der Waals surface area contributed by atoms with Crippen LogP contribution in [0.2, 0.25) is 0 Å². The summed E-state index contributed by atoms with van der Waals surface area (Å²) in [5.41, 5.74) is 4.96. The maximum atomic E-state index is 5.88. The van der Waals surface area contributed by atoms with Crippen molar-refractivity contribution in [3.05, 3.63) is 66.0 Å². The summed E-state index contributed by atoms with van der Waals surface area (Å²) in [6.07, 6.45) is 10.7. The van der Waals surface area contributed by atoms with Gasteiger partial charge in [-0.05, 0) is 42.7 Å². The first-order valence-corrected chi connectivity index (χ1v) is 8.90. The van der Waals surface area contributed by atoms with E-state index in [1.165, 1.54) is 16.6 Å². The van der Waals surface area contributed by atoms with Gasteiger partial charge in [0.2, 0.25) is 0 Å². The summed E-state index contributed by atoms with van der Waals surface area (Å²) >= 11 is 0. The molecule has 0 spiro atoms. The second kappa shape index (κ2) is 7.33. The zero-order valence-electron chi connectivity index (χ0n) is 14.6. The monoisotopic (exact) mass is 336 g/mol. The molecule has 1 unspecified atom stereocenters. The Morgan fingerprint density at radius 1 is 1.24 bits per heavy atom. The molecule has 0 amide bonds. The molecule has 0 saturated carbocycles. The summed E-state index contributed by atoms with van der Waals surface area (Å²) in [6.45, 7) is 6.69. The number of pyridine rings is 1. The fourth-order valence-corrected chi connectivity index (χ4v) is 3.60. The van der Waals surface area contributed by atoms with E-state index in [9.17, 15) is 0 Å². The number of rotatable bonds is 4. The second-order valence-corrected chi connectivity index (χ2v) is 6.86. The molecule has 1 aliphatic rings. The lowest BCUT2D eigenvalue weighted by molar-refractivity contribution is 0.121. The Labute approximate surface area is 148 Å². The highest BCUT2D eigenvalue weighted by molar-refractivity contribution is 5.52. The molecule has 0 aliphatic carbocycles. The highest BCUT2D eigenvalue weighted by Gasteiger charge is 2.21. The number of nitrogens with zero attached hydrogens (tertiary/aromatic N) is 4. The molecule has 0 aromatic carbocycles. The van der Waals surface area contributed by atoms with Crippen LogP contribution in [0.4, 0.5) is 0 Å². The van der Waals surface area contributed by atoms with Crippen LogP contribution < -0.4 is 0 Å². The van der Waals surface area contributed by atoms with E-state index in [2.05, 4.69) is 50.6 Å². The fraction of sp³-hybridized carbons (Fsp3) is 0.400. The molecule has 0 bridgehead atoms. The van der Waals surface area contributed by atoms with Crippen molar-refractivity contribution in [2.75, 3.05) is 26.3 Å². The molecule has 0 N–H and O–H groups in total. The van der Waals surface area contributed by atoms with Crippen LogP contribution in [0.15, 0.2) is 49.2 Å². The van der Waals surface area contributed by atoms with Crippen LogP contribution in [0.5, 0.6) is 0 Å². The molecule has 5 nitrogen and oxygen atoms in total. The first-order valence-electron chi connectivity index (χ1n) is 8.90. The fourth-order valence-electron chi connectivity index (χ4n) is 3.60. The van der Waals surface area contributed by atoms with Gasteiger partial charge in [-0.2, -0.15) is 0 Å². The average Bonchev–Trinajstić information content (AvgIpc) is 3.00. The molecular formula is C20H24N4O. The van der Waals surface area contributed by atoms with Crippen molar-refractivity contribution in [2.45, 2.75) is 19.9 Å². The predicted octanol–water partition coefficient (Wildman–Crippen LogP) is 2.73. The van der Waals surface area contributed by atoms with Crippen LogP contribution in [0.25, 0.3) is 5.52 Å². The Balaban J connectivity index is 1.48. The van der Waals surface area contributed by atoms with Gasteiger partial charge in [-0.25, -0.2) is 0 Å². The number of fused-ring (bicyclic) bond motifs is 1. The SMILES string of the molecule is Cc1cnccc1CN1CCOCC(Cc2nccn3cccc23)C1. The van der Waals surface area contributed by atoms with Crippen LogP contribution in [0.1, 0.15) is 16.8 Å². The first-order chi connectivity index (χ1) is 12.3. The van der Waals surface area contributed by atoms with Gasteiger partial charge in [-0.15, -0.1) is 0 Å². The summed E-state index contributed by atoms with van der Waals surface area (Å²) < 4.78 is 8.02. The van der Waals surface area contributed by atoms with Gasteiger partial charge in [0.05, 0.1) is 24.4 Å². The minimum atomic E-state index is 0.457. The molecule has 4 rings (SSSR count). The number of hydrogen-bond donors (Lipinski definition) is 0. The Bertz CT molecular complexity index is 844. The maximum absolute atomic E-state index is 5.88. The zero-order valence-corrected chi connectivity index (χ0v) is 14.6. The van der Waals surface area contributed by atoms with Gasteiger partial charge in [0.15, 0.2) is 0 Å². The van der Waals surface area contributed by atoms with E-state index in [0.717, 1.165) is 45.0 Å². The van der Waals surface area contributed by atoms with Gasteiger partial charge in [0.25, 0.3) is 0 Å². The van der Waals surface area contributed by atoms with Gasteiger partial charge >= 0.3 is 0 Å². The smallest absolute Gasteiger partial charge is 0.0666 e. The summed E-state index contributed by atoms with van der Waals surface area (Å²) in [7, 11) is 0. The first kappa shape index (κ1) is 16.2. The van der Waals surface area contributed by atoms with Crippen LogP contribution >= 0.6 is 0 Å². The van der Waals surface area contributed by atoms with E-state index in [1.807, 2.05) is 24.8 Å². The minimum Gasteiger partial charge on any atom is -0.380 e. The minimum absolute atomic E-state index is 0.457. The highest BCUT2D eigenvalue weighted by Crippen LogP contribution is 2.19. The Hall–Kier alpha value is -2.24. The summed E-state index contributed by atoms with van der Waals surface area (Å²) in [6, 6.07) is 6.33. The number of ether oxygens (including phenoxy) is 1. The van der Waals surface area contributed by atoms with Gasteiger partial charge in [-0.1, -0.05) is 0 Å². The Morgan fingerprint density at radius 3 is 3.12 bits per heavy atom. The van der Waals surface area contributed by atoms with E-state index in [1.54, 1.807) is 0 Å². The maximum Gasteiger partial charge on any atom is 0.0666 e. The van der Waals surface area contributed by atoms with Crippen molar-refractivity contribution in [3.8, 4) is 0 Å². The third-order valence-electron chi connectivity index (χ3n) is 4.97. The van der Waals surface area contributed by atoms with Crippen molar-refractivity contribution in [1.82, 2.24) is 19.3 Å². The average molecular weight is 336 g/mol. The standard InChI is InChI=1S/C20H24N4O/c1-16-12-21-5-4-18(16)14-23-9-10-25-15-17(13-23)11-19-20-3-2-7-24(20)8-6-22-19/h2-8,12,17H,9-11,13-15H2,1H3. The van der Waals surface area contributed by atoms with Crippen molar-refractivity contribution >= 4 is 5.52 Å². The van der Waals surface area contributed by atoms with Crippen molar-refractivity contribution < 1.29 is 4.74 Å². The lowest BCUT2D eigenvalue weighted by Crippen LogP contribution is -2.31. The molecule has 1 atom stereocenters. The zero-order chi connectivity index (χ0) is 17.1. The normalized spacial score (nSPS) is 19.2. The molecular weight excluding hydrogens is 312 g/mol. The summed E-state index contributed by atoms with van der Waals surface area (Å²) in [4.78, 5) is 11.3. The van der Waals surface area contributed by atoms with Gasteiger partial charge in [0, 0.05) is 56.5 Å². The predicted molar refractivity (Wildman–Crippen MR) is 97.5 cm³/mol. The van der Waals surface area contributed by atoms with Crippen LogP contribution in [0, 0.1) is 12.8 Å². The number of aryl methyl sites for hydroxylation is 1. The Morgan fingerprint density at radius 2 is 2.20 bits per heavy atom. The molecule has 25 heavy (non-hydrogen) atoms. The molecule has 4 heterocycles. The van der Waals surface area contributed by atoms with Crippen molar-refractivity contribution in [1.29, 1.82) is 0 Å². The lowest BCUT2D eigenvalue weighted by Gasteiger charge is -2.24. The second-order valence-electron chi connectivity index (χ2n) is 6.86. The molecule has 3 aromatic rings. The summed E-state index contributed by atoms with van der Waals surface area (Å²) in [5, 5.41) is 0. The van der Waals surface area contributed by atoms with E-state index >= 15 is 0 Å². The molecule has 5 heteroatoms. The van der Waals surface area contributed by atoms with Crippen molar-refractivity contribution in [3.63, 3.8) is 0 Å². The largest absolute Gasteiger partial charge is 0.380 e. The van der Waals surface area contributed by atoms with E-state index in [0.29, 0.717) is 5.92 Å². The lowest BCUT2D eigenvalue weighted by atomic mass is 10.0. The van der Waals surface area contributed by atoms with Crippen LogP contribution in [-0.2, 0) is 17.7 Å². The molecule has 1 aliphatic heterocycles. The topological polar surface area (TPSA) is 42.7 Å². The van der Waals surface area contributed by atoms with E-state index < -0.39 is 0 Å². The molecule has 1 saturated heterocycles. The molecule has 0 radical (unpaired) electrons. The quantitative estimate of drug-likeness (QED) is 0.735. The molecule has 130 valence electrons. The molecule has 1 fully saturated rings. The van der Waals surface area contributed by atoms with Crippen LogP contribution in [0.3, 0.4) is 0 Å². The van der Waals surface area contributed by atoms with Crippen LogP contribution in [-0.4, -0.2) is 45.6 Å². The van der Waals surface area contributed by atoms with Gasteiger partial charge in [-0.3, -0.25) is 14.9 Å². The van der Waals surface area contributed by atoms with E-state index in [4.69, 9.17) is 4.74 Å². The number of aromatic nitrogens is 3. The third-order valence-corrected chi connectivity index (χ3v) is 4.97. The Kier molecular flexibility index (Phi) is 4.76. The number of hydrogen-bond acceptors (Lipinski definition) is 4. The van der Waals surface area contributed by atoms with Crippen molar-refractivity contribution in [2.24, 2.45) is 5.92 Å². The van der Waals surface area contributed by atoms with E-state index in [-0.39, 0.29) is 0 Å². The summed E-state index contributed by atoms with van der Waals surface area (Å²) in [5.74, 6) is 0.457.